The predicted molar refractivity (Wildman–Crippen MR) is 59.0 cm³/mol. The van der Waals surface area contributed by atoms with Crippen molar-refractivity contribution in [1.29, 1.82) is 10.5 Å². The zero-order chi connectivity index (χ0) is 11.4. The first-order valence-corrected chi connectivity index (χ1v) is 4.54. The molecule has 0 aliphatic heterocycles. The van der Waals surface area contributed by atoms with Crippen LogP contribution in [-0.2, 0) is 0 Å². The summed E-state index contributed by atoms with van der Waals surface area (Å²) in [4.78, 5) is 0. The van der Waals surface area contributed by atoms with Gasteiger partial charge in [0.2, 0.25) is 0 Å². The zero-order valence-electron chi connectivity index (χ0n) is 8.23. The summed E-state index contributed by atoms with van der Waals surface area (Å²) in [5, 5.41) is 27.8. The minimum absolute atomic E-state index is 0.0246. The lowest BCUT2D eigenvalue weighted by atomic mass is 10.2. The van der Waals surface area contributed by atoms with Gasteiger partial charge in [-0.05, 0) is 6.07 Å². The topological polar surface area (TPSA) is 88.3 Å². The molecule has 16 heavy (non-hydrogen) atoms. The Morgan fingerprint density at radius 1 is 1.38 bits per heavy atom. The highest BCUT2D eigenvalue weighted by atomic mass is 15.1. The fraction of sp³-hybridized carbons (Fsp3) is 0. The van der Waals surface area contributed by atoms with E-state index in [9.17, 15) is 0 Å². The van der Waals surface area contributed by atoms with Crippen molar-refractivity contribution in [2.45, 2.75) is 0 Å². The van der Waals surface area contributed by atoms with Crippen LogP contribution in [0.3, 0.4) is 0 Å². The molecule has 0 unspecified atom stereocenters. The normalized spacial score (nSPS) is 9.12. The molecular weight excluding hydrogens is 202 g/mol. The number of hydrogen-bond acceptors (Lipinski definition) is 4. The Kier molecular flexibility index (Phi) is 2.53. The summed E-state index contributed by atoms with van der Waals surface area (Å²) in [7, 11) is 0. The zero-order valence-corrected chi connectivity index (χ0v) is 8.23. The minimum Gasteiger partial charge on any atom is -0.358 e. The molecule has 0 amide bonds. The van der Waals surface area contributed by atoms with Crippen molar-refractivity contribution >= 4 is 16.6 Å². The molecule has 2 aromatic rings. The van der Waals surface area contributed by atoms with Gasteiger partial charge in [-0.1, -0.05) is 12.1 Å². The number of anilines is 1. The van der Waals surface area contributed by atoms with E-state index < -0.39 is 0 Å². The smallest absolute Gasteiger partial charge is 0.145 e. The van der Waals surface area contributed by atoms with E-state index in [0.717, 1.165) is 16.6 Å². The van der Waals surface area contributed by atoms with Crippen LogP contribution in [0.2, 0.25) is 0 Å². The maximum absolute atomic E-state index is 8.58. The second-order valence-corrected chi connectivity index (χ2v) is 3.07. The summed E-state index contributed by atoms with van der Waals surface area (Å²) in [6.45, 7) is 0. The lowest BCUT2D eigenvalue weighted by Crippen LogP contribution is -1.90. The Bertz CT molecular complexity index is 608. The van der Waals surface area contributed by atoms with Gasteiger partial charge in [-0.15, -0.1) is 0 Å². The van der Waals surface area contributed by atoms with E-state index in [0.29, 0.717) is 0 Å². The number of aromatic nitrogens is 2. The van der Waals surface area contributed by atoms with Crippen molar-refractivity contribution in [3.8, 4) is 12.1 Å². The molecule has 5 heteroatoms. The Labute approximate surface area is 91.6 Å². The summed E-state index contributed by atoms with van der Waals surface area (Å²) in [6, 6.07) is 9.18. The molecular formula is C11H7N5. The molecule has 0 saturated carbocycles. The summed E-state index contributed by atoms with van der Waals surface area (Å²) in [5.74, 6) is 0. The lowest BCUT2D eigenvalue weighted by Gasteiger charge is -2.01. The molecule has 1 heterocycles. The molecule has 0 bridgehead atoms. The second-order valence-electron chi connectivity index (χ2n) is 3.07. The molecule has 0 aliphatic rings. The Morgan fingerprint density at radius 2 is 2.19 bits per heavy atom. The maximum Gasteiger partial charge on any atom is 0.145 e. The standard InChI is InChI=1S/C11H7N5/c12-4-8(5-13)6-14-10-3-1-2-9-7-15-16-11(9)10/h1-3,6-7,14H,(H,15,16). The lowest BCUT2D eigenvalue weighted by molar-refractivity contribution is 1.12. The van der Waals surface area contributed by atoms with Gasteiger partial charge in [0, 0.05) is 11.6 Å². The van der Waals surface area contributed by atoms with Crippen molar-refractivity contribution in [1.82, 2.24) is 10.2 Å². The van der Waals surface area contributed by atoms with E-state index in [1.54, 1.807) is 18.3 Å². The largest absolute Gasteiger partial charge is 0.358 e. The Morgan fingerprint density at radius 3 is 2.94 bits per heavy atom. The number of aromatic amines is 1. The summed E-state index contributed by atoms with van der Waals surface area (Å²) in [5.41, 5.74) is 1.64. The number of allylic oxidation sites excluding steroid dienone is 1. The molecule has 76 valence electrons. The summed E-state index contributed by atoms with van der Waals surface area (Å²) < 4.78 is 0. The quantitative estimate of drug-likeness (QED) is 0.739. The molecule has 0 aliphatic carbocycles. The van der Waals surface area contributed by atoms with E-state index in [2.05, 4.69) is 15.5 Å². The van der Waals surface area contributed by atoms with E-state index >= 15 is 0 Å². The number of nitriles is 2. The van der Waals surface area contributed by atoms with Crippen molar-refractivity contribution in [3.63, 3.8) is 0 Å². The number of hydrogen-bond donors (Lipinski definition) is 2. The first-order valence-electron chi connectivity index (χ1n) is 4.54. The first kappa shape index (κ1) is 9.75. The van der Waals surface area contributed by atoms with Gasteiger partial charge in [-0.2, -0.15) is 15.6 Å². The number of H-pyrrole nitrogens is 1. The van der Waals surface area contributed by atoms with Crippen LogP contribution in [0.15, 0.2) is 36.2 Å². The third-order valence-corrected chi connectivity index (χ3v) is 2.09. The van der Waals surface area contributed by atoms with E-state index in [1.807, 2.05) is 18.2 Å². The van der Waals surface area contributed by atoms with Gasteiger partial charge >= 0.3 is 0 Å². The SMILES string of the molecule is N#CC(C#N)=CNc1cccc2cn[nH]c12. The van der Waals surface area contributed by atoms with Crippen molar-refractivity contribution in [3.05, 3.63) is 36.2 Å². The number of fused-ring (bicyclic) bond motifs is 1. The highest BCUT2D eigenvalue weighted by Gasteiger charge is 2.00. The average molecular weight is 209 g/mol. The first-order chi connectivity index (χ1) is 7.85. The number of rotatable bonds is 2. The van der Waals surface area contributed by atoms with Gasteiger partial charge in [0.15, 0.2) is 0 Å². The van der Waals surface area contributed by atoms with E-state index in [1.165, 1.54) is 6.20 Å². The highest BCUT2D eigenvalue weighted by molar-refractivity contribution is 5.90. The van der Waals surface area contributed by atoms with Gasteiger partial charge in [0.05, 0.1) is 17.4 Å². The van der Waals surface area contributed by atoms with E-state index in [4.69, 9.17) is 10.5 Å². The minimum atomic E-state index is 0.0246. The fourth-order valence-electron chi connectivity index (χ4n) is 1.33. The van der Waals surface area contributed by atoms with Crippen molar-refractivity contribution in [2.75, 3.05) is 5.32 Å². The maximum atomic E-state index is 8.58. The van der Waals surface area contributed by atoms with Crippen LogP contribution in [0.1, 0.15) is 0 Å². The molecule has 0 saturated heterocycles. The Balaban J connectivity index is 2.36. The average Bonchev–Trinajstić information content (AvgIpc) is 2.79. The number of nitrogens with zero attached hydrogens (tertiary/aromatic N) is 3. The van der Waals surface area contributed by atoms with Crippen LogP contribution < -0.4 is 5.32 Å². The fourth-order valence-corrected chi connectivity index (χ4v) is 1.33. The van der Waals surface area contributed by atoms with Crippen LogP contribution in [0.5, 0.6) is 0 Å². The van der Waals surface area contributed by atoms with Gasteiger partial charge < -0.3 is 5.32 Å². The molecule has 1 aromatic carbocycles. The summed E-state index contributed by atoms with van der Waals surface area (Å²) >= 11 is 0. The number of nitrogens with one attached hydrogen (secondary N) is 2. The van der Waals surface area contributed by atoms with Gasteiger partial charge in [-0.25, -0.2) is 0 Å². The van der Waals surface area contributed by atoms with Gasteiger partial charge in [0.25, 0.3) is 0 Å². The molecule has 2 N–H and O–H groups in total. The molecule has 0 fully saturated rings. The second kappa shape index (κ2) is 4.16. The van der Waals surface area contributed by atoms with Crippen LogP contribution in [-0.4, -0.2) is 10.2 Å². The van der Waals surface area contributed by atoms with Crippen molar-refractivity contribution in [2.24, 2.45) is 0 Å². The molecule has 1 aromatic heterocycles. The van der Waals surface area contributed by atoms with Gasteiger partial charge in [-0.3, -0.25) is 5.10 Å². The van der Waals surface area contributed by atoms with Crippen LogP contribution in [0.25, 0.3) is 10.9 Å². The molecule has 5 nitrogen and oxygen atoms in total. The van der Waals surface area contributed by atoms with Crippen molar-refractivity contribution < 1.29 is 0 Å². The predicted octanol–water partition coefficient (Wildman–Crippen LogP) is 1.91. The van der Waals surface area contributed by atoms with Crippen LogP contribution in [0, 0.1) is 22.7 Å². The van der Waals surface area contributed by atoms with Crippen LogP contribution >= 0.6 is 0 Å². The van der Waals surface area contributed by atoms with Crippen LogP contribution in [0.4, 0.5) is 5.69 Å². The number of benzene rings is 1. The molecule has 0 atom stereocenters. The third kappa shape index (κ3) is 1.70. The monoisotopic (exact) mass is 209 g/mol. The highest BCUT2D eigenvalue weighted by Crippen LogP contribution is 2.20. The van der Waals surface area contributed by atoms with Gasteiger partial charge in [0.1, 0.15) is 17.7 Å². The number of para-hydroxylation sites is 1. The molecule has 2 rings (SSSR count). The summed E-state index contributed by atoms with van der Waals surface area (Å²) in [6.07, 6.45) is 3.08. The van der Waals surface area contributed by atoms with E-state index in [-0.39, 0.29) is 5.57 Å². The molecule has 0 radical (unpaired) electrons. The molecule has 0 spiro atoms. The Hall–Kier alpha value is -2.79. The third-order valence-electron chi connectivity index (χ3n) is 2.09.